The number of carbonyl (C=O) groups excluding carboxylic acids is 3. The molecule has 1 unspecified atom stereocenters. The molecule has 146 valence electrons. The minimum absolute atomic E-state index is 0. The van der Waals surface area contributed by atoms with Gasteiger partial charge in [0.25, 0.3) is 0 Å². The van der Waals surface area contributed by atoms with E-state index in [9.17, 15) is 14.4 Å². The van der Waals surface area contributed by atoms with Gasteiger partial charge in [-0.25, -0.2) is 0 Å². The Labute approximate surface area is 160 Å². The van der Waals surface area contributed by atoms with Crippen LogP contribution in [0.2, 0.25) is 0 Å². The van der Waals surface area contributed by atoms with E-state index in [4.69, 9.17) is 10.5 Å². The van der Waals surface area contributed by atoms with Crippen molar-refractivity contribution in [3.05, 3.63) is 35.9 Å². The third-order valence-corrected chi connectivity index (χ3v) is 3.66. The quantitative estimate of drug-likeness (QED) is 0.555. The Morgan fingerprint density at radius 2 is 1.77 bits per heavy atom. The number of halogens is 1. The summed E-state index contributed by atoms with van der Waals surface area (Å²) in [5.41, 5.74) is 6.52. The minimum Gasteiger partial charge on any atom is -0.466 e. The summed E-state index contributed by atoms with van der Waals surface area (Å²) in [6.45, 7) is 5.45. The number of nitrogens with one attached hydrogen (secondary N) is 2. The molecule has 0 saturated heterocycles. The van der Waals surface area contributed by atoms with Gasteiger partial charge in [0.1, 0.15) is 0 Å². The third kappa shape index (κ3) is 8.31. The maximum Gasteiger partial charge on any atom is 0.308 e. The van der Waals surface area contributed by atoms with Crippen LogP contribution < -0.4 is 16.4 Å². The van der Waals surface area contributed by atoms with Crippen LogP contribution in [0.15, 0.2) is 30.3 Å². The van der Waals surface area contributed by atoms with Gasteiger partial charge in [-0.3, -0.25) is 14.4 Å². The number of amides is 2. The highest BCUT2D eigenvalue weighted by Crippen LogP contribution is 2.17. The molecule has 1 rings (SSSR count). The molecule has 0 bridgehead atoms. The molecule has 0 spiro atoms. The highest BCUT2D eigenvalue weighted by atomic mass is 35.5. The highest BCUT2D eigenvalue weighted by molar-refractivity contribution is 5.87. The molecule has 7 nitrogen and oxygen atoms in total. The van der Waals surface area contributed by atoms with E-state index in [2.05, 4.69) is 10.6 Å². The van der Waals surface area contributed by atoms with Crippen LogP contribution in [0.5, 0.6) is 0 Å². The second-order valence-electron chi connectivity index (χ2n) is 6.03. The maximum atomic E-state index is 12.1. The third-order valence-electron chi connectivity index (χ3n) is 3.66. The number of nitrogens with two attached hydrogens (primary N) is 1. The molecular weight excluding hydrogens is 358 g/mol. The zero-order valence-electron chi connectivity index (χ0n) is 15.4. The van der Waals surface area contributed by atoms with Crippen LogP contribution in [-0.2, 0) is 19.1 Å². The van der Waals surface area contributed by atoms with Gasteiger partial charge in [-0.1, -0.05) is 44.2 Å². The summed E-state index contributed by atoms with van der Waals surface area (Å²) in [6.07, 6.45) is 0.0169. The van der Waals surface area contributed by atoms with E-state index in [0.717, 1.165) is 5.56 Å². The van der Waals surface area contributed by atoms with Crippen LogP contribution in [0.25, 0.3) is 0 Å². The van der Waals surface area contributed by atoms with Gasteiger partial charge in [-0.15, -0.1) is 12.4 Å². The first-order chi connectivity index (χ1) is 11.8. The van der Waals surface area contributed by atoms with Gasteiger partial charge in [0, 0.05) is 0 Å². The highest BCUT2D eigenvalue weighted by Gasteiger charge is 2.21. The van der Waals surface area contributed by atoms with E-state index in [0.29, 0.717) is 0 Å². The summed E-state index contributed by atoms with van der Waals surface area (Å²) >= 11 is 0. The van der Waals surface area contributed by atoms with Crippen LogP contribution in [0.3, 0.4) is 0 Å². The van der Waals surface area contributed by atoms with Gasteiger partial charge in [0.15, 0.2) is 0 Å². The van der Waals surface area contributed by atoms with Gasteiger partial charge < -0.3 is 21.1 Å². The summed E-state index contributed by atoms with van der Waals surface area (Å²) in [5.74, 6) is -1.21. The van der Waals surface area contributed by atoms with Crippen molar-refractivity contribution in [1.82, 2.24) is 10.6 Å². The molecule has 2 atom stereocenters. The number of ether oxygens (including phenoxy) is 1. The van der Waals surface area contributed by atoms with Crippen molar-refractivity contribution < 1.29 is 19.1 Å². The van der Waals surface area contributed by atoms with Crippen molar-refractivity contribution in [3.8, 4) is 0 Å². The molecule has 0 aromatic heterocycles. The smallest absolute Gasteiger partial charge is 0.308 e. The molecule has 26 heavy (non-hydrogen) atoms. The number of esters is 1. The lowest BCUT2D eigenvalue weighted by Crippen LogP contribution is -2.47. The molecule has 2 amide bonds. The zero-order chi connectivity index (χ0) is 18.8. The Morgan fingerprint density at radius 3 is 2.31 bits per heavy atom. The number of benzene rings is 1. The lowest BCUT2D eigenvalue weighted by Gasteiger charge is -2.19. The predicted octanol–water partition coefficient (Wildman–Crippen LogP) is 1.32. The van der Waals surface area contributed by atoms with Gasteiger partial charge in [0.2, 0.25) is 11.8 Å². The van der Waals surface area contributed by atoms with Gasteiger partial charge in [-0.2, -0.15) is 0 Å². The number of hydrogen-bond acceptors (Lipinski definition) is 5. The van der Waals surface area contributed by atoms with Crippen molar-refractivity contribution in [2.24, 2.45) is 11.7 Å². The summed E-state index contributed by atoms with van der Waals surface area (Å²) in [6, 6.07) is 7.93. The van der Waals surface area contributed by atoms with Crippen molar-refractivity contribution in [2.75, 3.05) is 13.2 Å². The van der Waals surface area contributed by atoms with Gasteiger partial charge >= 0.3 is 5.97 Å². The first-order valence-corrected chi connectivity index (χ1v) is 8.38. The van der Waals surface area contributed by atoms with Crippen molar-refractivity contribution in [2.45, 2.75) is 39.3 Å². The van der Waals surface area contributed by atoms with Gasteiger partial charge in [0.05, 0.1) is 31.7 Å². The first-order valence-electron chi connectivity index (χ1n) is 8.38. The van der Waals surface area contributed by atoms with Crippen LogP contribution in [0.1, 0.15) is 38.8 Å². The fourth-order valence-corrected chi connectivity index (χ4v) is 2.16. The molecule has 1 aromatic rings. The Morgan fingerprint density at radius 1 is 1.15 bits per heavy atom. The van der Waals surface area contributed by atoms with E-state index in [-0.39, 0.29) is 43.8 Å². The number of rotatable bonds is 9. The van der Waals surface area contributed by atoms with E-state index in [1.165, 1.54) is 0 Å². The van der Waals surface area contributed by atoms with Gasteiger partial charge in [-0.05, 0) is 18.4 Å². The summed E-state index contributed by atoms with van der Waals surface area (Å²) in [7, 11) is 0. The Kier molecular flexibility index (Phi) is 11.3. The molecule has 0 aliphatic heterocycles. The van der Waals surface area contributed by atoms with Crippen LogP contribution in [0.4, 0.5) is 0 Å². The number of hydrogen-bond donors (Lipinski definition) is 3. The fraction of sp³-hybridized carbons (Fsp3) is 0.500. The van der Waals surface area contributed by atoms with Crippen LogP contribution >= 0.6 is 12.4 Å². The summed E-state index contributed by atoms with van der Waals surface area (Å²) in [4.78, 5) is 35.7. The zero-order valence-corrected chi connectivity index (χ0v) is 16.2. The molecule has 0 fully saturated rings. The molecule has 0 radical (unpaired) electrons. The van der Waals surface area contributed by atoms with Crippen molar-refractivity contribution >= 4 is 30.2 Å². The van der Waals surface area contributed by atoms with Crippen LogP contribution in [-0.4, -0.2) is 37.0 Å². The first kappa shape index (κ1) is 23.9. The lowest BCUT2D eigenvalue weighted by atomic mass is 10.0. The average molecular weight is 386 g/mol. The molecule has 0 saturated carbocycles. The lowest BCUT2D eigenvalue weighted by molar-refractivity contribution is -0.144. The standard InChI is InChI=1S/C18H27N3O4.ClH/c1-4-25-16(23)10-14(13-8-6-5-7-9-13)21-15(22)11-20-18(24)17(19)12(2)3;/h5-9,12,14,17H,4,10-11,19H2,1-3H3,(H,20,24)(H,21,22);1H/t14?,17-;/m0./s1. The maximum absolute atomic E-state index is 12.1. The molecule has 8 heteroatoms. The minimum atomic E-state index is -0.669. The Hall–Kier alpha value is -2.12. The normalized spacial score (nSPS) is 12.5. The van der Waals surface area contributed by atoms with E-state index >= 15 is 0 Å². The average Bonchev–Trinajstić information content (AvgIpc) is 2.59. The van der Waals surface area contributed by atoms with Crippen molar-refractivity contribution in [1.29, 1.82) is 0 Å². The Balaban J connectivity index is 0.00000625. The fourth-order valence-electron chi connectivity index (χ4n) is 2.16. The molecule has 1 aromatic carbocycles. The molecular formula is C18H28ClN3O4. The summed E-state index contributed by atoms with van der Waals surface area (Å²) in [5, 5.41) is 5.26. The van der Waals surface area contributed by atoms with E-state index in [1.54, 1.807) is 6.92 Å². The monoisotopic (exact) mass is 385 g/mol. The van der Waals surface area contributed by atoms with E-state index in [1.807, 2.05) is 44.2 Å². The number of carbonyl (C=O) groups is 3. The van der Waals surface area contributed by atoms with Crippen molar-refractivity contribution in [3.63, 3.8) is 0 Å². The predicted molar refractivity (Wildman–Crippen MR) is 102 cm³/mol. The van der Waals surface area contributed by atoms with Crippen LogP contribution in [0, 0.1) is 5.92 Å². The largest absolute Gasteiger partial charge is 0.466 e. The Bertz CT molecular complexity index is 581. The molecule has 0 aliphatic rings. The second kappa shape index (κ2) is 12.3. The molecule has 4 N–H and O–H groups in total. The van der Waals surface area contributed by atoms with E-state index < -0.39 is 24.0 Å². The molecule has 0 heterocycles. The second-order valence-corrected chi connectivity index (χ2v) is 6.03. The summed E-state index contributed by atoms with van der Waals surface area (Å²) < 4.78 is 4.95. The SMILES string of the molecule is CCOC(=O)CC(NC(=O)CNC(=O)[C@@H](N)C(C)C)c1ccccc1.Cl. The molecule has 0 aliphatic carbocycles. The topological polar surface area (TPSA) is 111 Å².